The second kappa shape index (κ2) is 5.94. The first kappa shape index (κ1) is 15.4. The normalized spacial score (nSPS) is 19.9. The van der Waals surface area contributed by atoms with Crippen LogP contribution in [-0.4, -0.2) is 39.2 Å². The summed E-state index contributed by atoms with van der Waals surface area (Å²) in [6.07, 6.45) is 7.52. The quantitative estimate of drug-likeness (QED) is 0.799. The Hall–Kier alpha value is -1.52. The molecule has 1 aromatic heterocycles. The number of hydrogen-bond acceptors (Lipinski definition) is 3. The van der Waals surface area contributed by atoms with Gasteiger partial charge in [-0.05, 0) is 46.5 Å². The topological polar surface area (TPSA) is 47.4 Å². The fourth-order valence-corrected chi connectivity index (χ4v) is 3.45. The van der Waals surface area contributed by atoms with Crippen LogP contribution in [0.25, 0.3) is 0 Å². The zero-order chi connectivity index (χ0) is 15.7. The third-order valence-electron chi connectivity index (χ3n) is 4.57. The van der Waals surface area contributed by atoms with Crippen molar-refractivity contribution in [2.45, 2.75) is 70.9 Å². The molecule has 1 saturated heterocycles. The highest BCUT2D eigenvalue weighted by Gasteiger charge is 2.29. The predicted octanol–water partition coefficient (Wildman–Crippen LogP) is 3.33. The molecule has 2 aliphatic heterocycles. The van der Waals surface area contributed by atoms with Crippen LogP contribution in [0.3, 0.4) is 0 Å². The van der Waals surface area contributed by atoms with Crippen LogP contribution in [0.1, 0.15) is 63.9 Å². The Morgan fingerprint density at radius 3 is 2.64 bits per heavy atom. The average Bonchev–Trinajstić information content (AvgIpc) is 2.89. The maximum absolute atomic E-state index is 12.1. The van der Waals surface area contributed by atoms with Gasteiger partial charge in [0.2, 0.25) is 0 Å². The molecule has 2 aliphatic rings. The highest BCUT2D eigenvalue weighted by molar-refractivity contribution is 5.68. The van der Waals surface area contributed by atoms with Crippen molar-refractivity contribution in [3.63, 3.8) is 0 Å². The summed E-state index contributed by atoms with van der Waals surface area (Å²) in [5, 5.41) is 0. The number of imidazole rings is 1. The van der Waals surface area contributed by atoms with Crippen molar-refractivity contribution in [1.29, 1.82) is 0 Å². The molecule has 0 N–H and O–H groups in total. The van der Waals surface area contributed by atoms with Gasteiger partial charge in [-0.2, -0.15) is 0 Å². The van der Waals surface area contributed by atoms with Crippen LogP contribution in [0.4, 0.5) is 4.79 Å². The van der Waals surface area contributed by atoms with E-state index in [0.717, 1.165) is 38.9 Å². The monoisotopic (exact) mass is 305 g/mol. The van der Waals surface area contributed by atoms with Gasteiger partial charge in [-0.3, -0.25) is 0 Å². The van der Waals surface area contributed by atoms with Gasteiger partial charge in [0.15, 0.2) is 0 Å². The third-order valence-corrected chi connectivity index (χ3v) is 4.57. The molecule has 22 heavy (non-hydrogen) atoms. The van der Waals surface area contributed by atoms with Crippen molar-refractivity contribution in [1.82, 2.24) is 14.5 Å². The van der Waals surface area contributed by atoms with Crippen LogP contribution in [-0.2, 0) is 17.7 Å². The first-order valence-corrected chi connectivity index (χ1v) is 8.46. The second-order valence-corrected chi connectivity index (χ2v) is 7.45. The molecule has 5 nitrogen and oxygen atoms in total. The highest BCUT2D eigenvalue weighted by Crippen LogP contribution is 2.31. The van der Waals surface area contributed by atoms with Gasteiger partial charge in [-0.25, -0.2) is 9.78 Å². The van der Waals surface area contributed by atoms with Crippen LogP contribution in [0.5, 0.6) is 0 Å². The molecule has 1 amide bonds. The minimum Gasteiger partial charge on any atom is -0.444 e. The number of piperidine rings is 1. The Labute approximate surface area is 132 Å². The van der Waals surface area contributed by atoms with Crippen LogP contribution in [0.15, 0.2) is 6.20 Å². The van der Waals surface area contributed by atoms with Crippen molar-refractivity contribution in [2.75, 3.05) is 13.1 Å². The van der Waals surface area contributed by atoms with Gasteiger partial charge >= 0.3 is 6.09 Å². The van der Waals surface area contributed by atoms with E-state index in [4.69, 9.17) is 4.74 Å². The number of nitrogens with zero attached hydrogens (tertiary/aromatic N) is 3. The van der Waals surface area contributed by atoms with Crippen LogP contribution < -0.4 is 0 Å². The fourth-order valence-electron chi connectivity index (χ4n) is 3.45. The van der Waals surface area contributed by atoms with E-state index in [-0.39, 0.29) is 6.09 Å². The molecule has 122 valence electrons. The number of amides is 1. The Bertz CT molecular complexity index is 537. The van der Waals surface area contributed by atoms with Crippen molar-refractivity contribution in [3.05, 3.63) is 17.7 Å². The molecule has 0 aromatic carbocycles. The average molecular weight is 305 g/mol. The Morgan fingerprint density at radius 2 is 1.95 bits per heavy atom. The van der Waals surface area contributed by atoms with Crippen LogP contribution in [0, 0.1) is 0 Å². The molecule has 1 aromatic rings. The van der Waals surface area contributed by atoms with E-state index in [9.17, 15) is 4.79 Å². The summed E-state index contributed by atoms with van der Waals surface area (Å²) in [5.41, 5.74) is 0.955. The summed E-state index contributed by atoms with van der Waals surface area (Å²) in [4.78, 5) is 18.6. The van der Waals surface area contributed by atoms with Gasteiger partial charge in [-0.15, -0.1) is 0 Å². The molecule has 0 unspecified atom stereocenters. The molecular weight excluding hydrogens is 278 g/mol. The van der Waals surface area contributed by atoms with Gasteiger partial charge in [0.1, 0.15) is 11.4 Å². The van der Waals surface area contributed by atoms with E-state index < -0.39 is 5.60 Å². The number of carbonyl (C=O) groups is 1. The fraction of sp³-hybridized carbons (Fsp3) is 0.765. The second-order valence-electron chi connectivity index (χ2n) is 7.45. The van der Waals surface area contributed by atoms with E-state index in [1.807, 2.05) is 25.7 Å². The summed E-state index contributed by atoms with van der Waals surface area (Å²) in [6, 6.07) is 0. The summed E-state index contributed by atoms with van der Waals surface area (Å²) >= 11 is 0. The third kappa shape index (κ3) is 3.28. The van der Waals surface area contributed by atoms with E-state index in [0.29, 0.717) is 5.92 Å². The first-order chi connectivity index (χ1) is 10.4. The van der Waals surface area contributed by atoms with Crippen LogP contribution in [0.2, 0.25) is 0 Å². The number of ether oxygens (including phenoxy) is 1. The van der Waals surface area contributed by atoms with E-state index >= 15 is 0 Å². The smallest absolute Gasteiger partial charge is 0.410 e. The van der Waals surface area contributed by atoms with E-state index in [1.165, 1.54) is 24.4 Å². The van der Waals surface area contributed by atoms with Crippen molar-refractivity contribution < 1.29 is 9.53 Å². The number of aryl methyl sites for hydroxylation is 1. The largest absolute Gasteiger partial charge is 0.444 e. The molecule has 0 bridgehead atoms. The van der Waals surface area contributed by atoms with E-state index in [2.05, 4.69) is 15.7 Å². The summed E-state index contributed by atoms with van der Waals surface area (Å²) in [6.45, 7) is 8.40. The van der Waals surface area contributed by atoms with Crippen molar-refractivity contribution >= 4 is 6.09 Å². The standard InChI is InChI=1S/C17H27N3O2/c1-17(2,3)22-16(21)19-10-7-13(8-11-19)14-12-18-15-6-4-5-9-20(14)15/h12-13H,4-11H2,1-3H3. The van der Waals surface area contributed by atoms with E-state index in [1.54, 1.807) is 0 Å². The van der Waals surface area contributed by atoms with Crippen LogP contribution >= 0.6 is 0 Å². The molecule has 0 aliphatic carbocycles. The van der Waals surface area contributed by atoms with Gasteiger partial charge in [0, 0.05) is 43.9 Å². The predicted molar refractivity (Wildman–Crippen MR) is 84.9 cm³/mol. The zero-order valence-electron chi connectivity index (χ0n) is 14.0. The number of hydrogen-bond donors (Lipinski definition) is 0. The Morgan fingerprint density at radius 1 is 1.23 bits per heavy atom. The molecule has 3 rings (SSSR count). The van der Waals surface area contributed by atoms with Crippen molar-refractivity contribution in [3.8, 4) is 0 Å². The maximum atomic E-state index is 12.1. The molecular formula is C17H27N3O2. The minimum atomic E-state index is -0.418. The summed E-state index contributed by atoms with van der Waals surface area (Å²) in [7, 11) is 0. The SMILES string of the molecule is CC(C)(C)OC(=O)N1CCC(c2cnc3n2CCCC3)CC1. The Kier molecular flexibility index (Phi) is 4.15. The molecule has 0 atom stereocenters. The zero-order valence-corrected chi connectivity index (χ0v) is 14.0. The molecule has 3 heterocycles. The molecule has 5 heteroatoms. The Balaban J connectivity index is 1.60. The number of carbonyl (C=O) groups excluding carboxylic acids is 1. The molecule has 1 fully saturated rings. The lowest BCUT2D eigenvalue weighted by Gasteiger charge is -2.34. The number of fused-ring (bicyclic) bond motifs is 1. The first-order valence-electron chi connectivity index (χ1n) is 8.46. The number of likely N-dealkylation sites (tertiary alicyclic amines) is 1. The van der Waals surface area contributed by atoms with Gasteiger partial charge in [0.25, 0.3) is 0 Å². The summed E-state index contributed by atoms with van der Waals surface area (Å²) < 4.78 is 7.88. The van der Waals surface area contributed by atoms with Gasteiger partial charge < -0.3 is 14.2 Å². The number of rotatable bonds is 1. The highest BCUT2D eigenvalue weighted by atomic mass is 16.6. The van der Waals surface area contributed by atoms with Gasteiger partial charge in [-0.1, -0.05) is 0 Å². The summed E-state index contributed by atoms with van der Waals surface area (Å²) in [5.74, 6) is 1.77. The lowest BCUT2D eigenvalue weighted by atomic mass is 9.93. The lowest BCUT2D eigenvalue weighted by Crippen LogP contribution is -2.41. The number of aromatic nitrogens is 2. The van der Waals surface area contributed by atoms with Gasteiger partial charge in [0.05, 0.1) is 0 Å². The maximum Gasteiger partial charge on any atom is 0.410 e. The molecule has 0 radical (unpaired) electrons. The molecule has 0 saturated carbocycles. The molecule has 0 spiro atoms. The lowest BCUT2D eigenvalue weighted by molar-refractivity contribution is 0.0203. The minimum absolute atomic E-state index is 0.179. The van der Waals surface area contributed by atoms with Crippen molar-refractivity contribution in [2.24, 2.45) is 0 Å².